The molecule has 0 aliphatic rings. The third-order valence-corrected chi connectivity index (χ3v) is 3.95. The van der Waals surface area contributed by atoms with Gasteiger partial charge in [-0.05, 0) is 19.8 Å². The van der Waals surface area contributed by atoms with Gasteiger partial charge in [-0.25, -0.2) is 4.98 Å². The zero-order valence-corrected chi connectivity index (χ0v) is 12.4. The van der Waals surface area contributed by atoms with Crippen LogP contribution in [0.15, 0.2) is 6.20 Å². The Morgan fingerprint density at radius 3 is 2.63 bits per heavy atom. The molecule has 0 aliphatic heterocycles. The molecule has 0 saturated heterocycles. The van der Waals surface area contributed by atoms with Crippen molar-refractivity contribution in [3.63, 3.8) is 0 Å². The topological polar surface area (TPSA) is 72.5 Å². The summed E-state index contributed by atoms with van der Waals surface area (Å²) in [4.78, 5) is 7.79. The number of imidazole rings is 1. The van der Waals surface area contributed by atoms with Crippen LogP contribution in [0.3, 0.4) is 0 Å². The van der Waals surface area contributed by atoms with Crippen molar-refractivity contribution in [3.8, 4) is 11.3 Å². The minimum Gasteiger partial charge on any atom is -0.341 e. The van der Waals surface area contributed by atoms with Gasteiger partial charge in [-0.15, -0.1) is 0 Å². The molecule has 0 bridgehead atoms. The molecule has 0 saturated carbocycles. The van der Waals surface area contributed by atoms with Gasteiger partial charge in [0.2, 0.25) is 0 Å². The van der Waals surface area contributed by atoms with Crippen LogP contribution >= 0.6 is 0 Å². The Labute approximate surface area is 114 Å². The van der Waals surface area contributed by atoms with Crippen molar-refractivity contribution in [1.29, 1.82) is 0 Å². The first-order valence-electron chi connectivity index (χ1n) is 6.76. The first kappa shape index (κ1) is 13.8. The summed E-state index contributed by atoms with van der Waals surface area (Å²) in [6.45, 7) is 8.36. The van der Waals surface area contributed by atoms with E-state index in [0.29, 0.717) is 5.92 Å². The van der Waals surface area contributed by atoms with Crippen LogP contribution in [-0.2, 0) is 7.05 Å². The highest BCUT2D eigenvalue weighted by Crippen LogP contribution is 2.27. The molecular weight excluding hydrogens is 238 g/mol. The summed E-state index contributed by atoms with van der Waals surface area (Å²) in [7, 11) is 1.95. The second-order valence-electron chi connectivity index (χ2n) is 5.26. The standard InChI is InChI=1S/C14H23N5/c1-6-8(2)13(15)14-16-7-11(17-14)12-9(3)18-19(5)10(12)4/h7-8,13H,6,15H2,1-5H3,(H,16,17). The SMILES string of the molecule is CCC(C)C(N)c1ncc(-c2c(C)nn(C)c2C)[nH]1. The summed E-state index contributed by atoms with van der Waals surface area (Å²) in [6, 6.07) is -0.0453. The molecule has 0 radical (unpaired) electrons. The monoisotopic (exact) mass is 261 g/mol. The van der Waals surface area contributed by atoms with Crippen LogP contribution in [0.2, 0.25) is 0 Å². The predicted molar refractivity (Wildman–Crippen MR) is 76.6 cm³/mol. The maximum Gasteiger partial charge on any atom is 0.123 e. The van der Waals surface area contributed by atoms with E-state index in [2.05, 4.69) is 35.8 Å². The lowest BCUT2D eigenvalue weighted by Gasteiger charge is -2.15. The number of hydrogen-bond acceptors (Lipinski definition) is 3. The third-order valence-electron chi connectivity index (χ3n) is 3.95. The van der Waals surface area contributed by atoms with Gasteiger partial charge in [0, 0.05) is 18.3 Å². The van der Waals surface area contributed by atoms with E-state index in [9.17, 15) is 0 Å². The number of aromatic nitrogens is 4. The quantitative estimate of drug-likeness (QED) is 0.888. The third kappa shape index (κ3) is 2.42. The highest BCUT2D eigenvalue weighted by molar-refractivity contribution is 5.64. The lowest BCUT2D eigenvalue weighted by Crippen LogP contribution is -2.19. The van der Waals surface area contributed by atoms with Crippen LogP contribution in [0.5, 0.6) is 0 Å². The fraction of sp³-hybridized carbons (Fsp3) is 0.571. The molecular formula is C14H23N5. The van der Waals surface area contributed by atoms with E-state index in [0.717, 1.165) is 34.9 Å². The summed E-state index contributed by atoms with van der Waals surface area (Å²) in [5.74, 6) is 1.27. The molecule has 2 heterocycles. The van der Waals surface area contributed by atoms with Gasteiger partial charge < -0.3 is 10.7 Å². The number of nitrogens with two attached hydrogens (primary N) is 1. The average Bonchev–Trinajstić information content (AvgIpc) is 2.94. The van der Waals surface area contributed by atoms with Crippen LogP contribution in [0.25, 0.3) is 11.3 Å². The van der Waals surface area contributed by atoms with Crippen LogP contribution < -0.4 is 5.73 Å². The molecule has 2 aromatic rings. The number of nitrogens with one attached hydrogen (secondary N) is 1. The minimum atomic E-state index is -0.0453. The van der Waals surface area contributed by atoms with Crippen molar-refractivity contribution >= 4 is 0 Å². The van der Waals surface area contributed by atoms with Crippen molar-refractivity contribution in [3.05, 3.63) is 23.4 Å². The molecule has 2 aromatic heterocycles. The second-order valence-corrected chi connectivity index (χ2v) is 5.26. The Kier molecular flexibility index (Phi) is 3.75. The van der Waals surface area contributed by atoms with Crippen molar-refractivity contribution in [2.24, 2.45) is 18.7 Å². The Morgan fingerprint density at radius 2 is 2.11 bits per heavy atom. The summed E-state index contributed by atoms with van der Waals surface area (Å²) in [5.41, 5.74) is 10.5. The van der Waals surface area contributed by atoms with Crippen molar-refractivity contribution < 1.29 is 0 Å². The molecule has 0 fully saturated rings. The zero-order valence-electron chi connectivity index (χ0n) is 12.4. The van der Waals surface area contributed by atoms with Gasteiger partial charge in [-0.2, -0.15) is 5.10 Å². The van der Waals surface area contributed by atoms with E-state index >= 15 is 0 Å². The maximum atomic E-state index is 6.21. The average molecular weight is 261 g/mol. The van der Waals surface area contributed by atoms with Gasteiger partial charge in [0.15, 0.2) is 0 Å². The number of hydrogen-bond donors (Lipinski definition) is 2. The molecule has 19 heavy (non-hydrogen) atoms. The van der Waals surface area contributed by atoms with E-state index in [1.165, 1.54) is 0 Å². The fourth-order valence-corrected chi connectivity index (χ4v) is 2.32. The van der Waals surface area contributed by atoms with Crippen LogP contribution in [-0.4, -0.2) is 19.7 Å². The number of H-pyrrole nitrogens is 1. The lowest BCUT2D eigenvalue weighted by molar-refractivity contribution is 0.441. The van der Waals surface area contributed by atoms with Gasteiger partial charge in [0.25, 0.3) is 0 Å². The molecule has 0 amide bonds. The molecule has 0 aliphatic carbocycles. The Bertz CT molecular complexity index is 566. The van der Waals surface area contributed by atoms with Crippen LogP contribution in [0.1, 0.15) is 43.5 Å². The zero-order chi connectivity index (χ0) is 14.2. The smallest absolute Gasteiger partial charge is 0.123 e. The maximum absolute atomic E-state index is 6.21. The number of nitrogens with zero attached hydrogens (tertiary/aromatic N) is 3. The van der Waals surface area contributed by atoms with E-state index in [1.807, 2.05) is 24.9 Å². The molecule has 104 valence electrons. The lowest BCUT2D eigenvalue weighted by atomic mass is 10.00. The van der Waals surface area contributed by atoms with E-state index in [1.54, 1.807) is 0 Å². The van der Waals surface area contributed by atoms with E-state index < -0.39 is 0 Å². The highest BCUT2D eigenvalue weighted by Gasteiger charge is 2.19. The molecule has 3 N–H and O–H groups in total. The van der Waals surface area contributed by atoms with Gasteiger partial charge in [0.1, 0.15) is 5.82 Å². The summed E-state index contributed by atoms with van der Waals surface area (Å²) >= 11 is 0. The van der Waals surface area contributed by atoms with Gasteiger partial charge >= 0.3 is 0 Å². The fourth-order valence-electron chi connectivity index (χ4n) is 2.32. The largest absolute Gasteiger partial charge is 0.341 e. The molecule has 0 aromatic carbocycles. The summed E-state index contributed by atoms with van der Waals surface area (Å²) < 4.78 is 1.89. The van der Waals surface area contributed by atoms with E-state index in [4.69, 9.17) is 5.73 Å². The van der Waals surface area contributed by atoms with E-state index in [-0.39, 0.29) is 6.04 Å². The molecule has 5 nitrogen and oxygen atoms in total. The highest BCUT2D eigenvalue weighted by atomic mass is 15.3. The normalized spacial score (nSPS) is 14.6. The molecule has 2 atom stereocenters. The van der Waals surface area contributed by atoms with Crippen molar-refractivity contribution in [1.82, 2.24) is 19.7 Å². The second kappa shape index (κ2) is 5.17. The molecule has 0 spiro atoms. The van der Waals surface area contributed by atoms with Gasteiger partial charge in [-0.3, -0.25) is 4.68 Å². The van der Waals surface area contributed by atoms with Gasteiger partial charge in [0.05, 0.1) is 23.6 Å². The molecule has 2 unspecified atom stereocenters. The number of aryl methyl sites for hydroxylation is 2. The summed E-state index contributed by atoms with van der Waals surface area (Å²) in [5, 5.41) is 4.43. The Hall–Kier alpha value is -1.62. The van der Waals surface area contributed by atoms with Crippen LogP contribution in [0.4, 0.5) is 0 Å². The minimum absolute atomic E-state index is 0.0453. The number of rotatable bonds is 4. The van der Waals surface area contributed by atoms with Gasteiger partial charge in [-0.1, -0.05) is 20.3 Å². The van der Waals surface area contributed by atoms with Crippen LogP contribution in [0, 0.1) is 19.8 Å². The first-order chi connectivity index (χ1) is 8.95. The molecule has 2 rings (SSSR count). The number of aromatic amines is 1. The van der Waals surface area contributed by atoms with Crippen molar-refractivity contribution in [2.45, 2.75) is 40.2 Å². The first-order valence-corrected chi connectivity index (χ1v) is 6.76. The Morgan fingerprint density at radius 1 is 1.42 bits per heavy atom. The summed E-state index contributed by atoms with van der Waals surface area (Å²) in [6.07, 6.45) is 2.90. The van der Waals surface area contributed by atoms with Crippen molar-refractivity contribution in [2.75, 3.05) is 0 Å². The molecule has 5 heteroatoms. The Balaban J connectivity index is 2.36. The predicted octanol–water partition coefficient (Wildman–Crippen LogP) is 2.47.